The van der Waals surface area contributed by atoms with Crippen molar-refractivity contribution in [1.29, 1.82) is 0 Å². The standard InChI is InChI=1S/C10H7Br3S2/c1-5-2-7(11)10(15-5)9(13)6-3-8(12)14-4-6/h2-4,9H,1H3. The summed E-state index contributed by atoms with van der Waals surface area (Å²) in [6.45, 7) is 2.13. The zero-order valence-electron chi connectivity index (χ0n) is 7.76. The zero-order chi connectivity index (χ0) is 11.0. The molecule has 0 amide bonds. The van der Waals surface area contributed by atoms with Gasteiger partial charge in [-0.1, -0.05) is 15.9 Å². The van der Waals surface area contributed by atoms with Crippen LogP contribution in [-0.4, -0.2) is 0 Å². The van der Waals surface area contributed by atoms with Gasteiger partial charge in [0, 0.05) is 14.2 Å². The Balaban J connectivity index is 2.35. The highest BCUT2D eigenvalue weighted by molar-refractivity contribution is 9.11. The molecule has 0 aliphatic rings. The van der Waals surface area contributed by atoms with Crippen LogP contribution in [0.15, 0.2) is 25.8 Å². The van der Waals surface area contributed by atoms with Gasteiger partial charge in [0.25, 0.3) is 0 Å². The molecule has 15 heavy (non-hydrogen) atoms. The minimum absolute atomic E-state index is 0.285. The highest BCUT2D eigenvalue weighted by Crippen LogP contribution is 2.42. The lowest BCUT2D eigenvalue weighted by Crippen LogP contribution is -1.86. The van der Waals surface area contributed by atoms with Crippen LogP contribution in [0.2, 0.25) is 0 Å². The van der Waals surface area contributed by atoms with Crippen LogP contribution in [0.3, 0.4) is 0 Å². The predicted octanol–water partition coefficient (Wildman–Crippen LogP) is 6.13. The van der Waals surface area contributed by atoms with E-state index in [1.807, 2.05) is 11.3 Å². The fourth-order valence-electron chi connectivity index (χ4n) is 1.28. The maximum atomic E-state index is 3.74. The van der Waals surface area contributed by atoms with Gasteiger partial charge < -0.3 is 0 Å². The summed E-state index contributed by atoms with van der Waals surface area (Å²) in [5.41, 5.74) is 1.30. The molecule has 0 radical (unpaired) electrons. The van der Waals surface area contributed by atoms with Crippen molar-refractivity contribution in [3.8, 4) is 0 Å². The molecule has 0 fully saturated rings. The van der Waals surface area contributed by atoms with E-state index < -0.39 is 0 Å². The molecule has 1 unspecified atom stereocenters. The summed E-state index contributed by atoms with van der Waals surface area (Å²) in [5.74, 6) is 0. The number of thiophene rings is 2. The summed E-state index contributed by atoms with van der Waals surface area (Å²) in [7, 11) is 0. The lowest BCUT2D eigenvalue weighted by atomic mass is 10.2. The Morgan fingerprint density at radius 1 is 1.27 bits per heavy atom. The maximum Gasteiger partial charge on any atom is 0.0757 e. The first-order valence-electron chi connectivity index (χ1n) is 4.21. The third kappa shape index (κ3) is 2.75. The molecule has 80 valence electrons. The normalized spacial score (nSPS) is 13.1. The van der Waals surface area contributed by atoms with Crippen molar-refractivity contribution in [2.24, 2.45) is 0 Å². The van der Waals surface area contributed by atoms with Crippen molar-refractivity contribution in [3.05, 3.63) is 41.1 Å². The Hall–Kier alpha value is 0.840. The number of hydrogen-bond donors (Lipinski definition) is 0. The quantitative estimate of drug-likeness (QED) is 0.503. The molecule has 5 heteroatoms. The van der Waals surface area contributed by atoms with Crippen LogP contribution >= 0.6 is 70.5 Å². The molecular weight excluding hydrogens is 424 g/mol. The van der Waals surface area contributed by atoms with Gasteiger partial charge in [-0.05, 0) is 61.9 Å². The molecule has 2 heterocycles. The van der Waals surface area contributed by atoms with Crippen LogP contribution in [0.5, 0.6) is 0 Å². The van der Waals surface area contributed by atoms with Gasteiger partial charge in [0.2, 0.25) is 0 Å². The molecule has 2 aromatic rings. The summed E-state index contributed by atoms with van der Waals surface area (Å²) >= 11 is 14.4. The summed E-state index contributed by atoms with van der Waals surface area (Å²) < 4.78 is 2.36. The Bertz CT molecular complexity index is 473. The van der Waals surface area contributed by atoms with E-state index in [1.165, 1.54) is 23.6 Å². The zero-order valence-corrected chi connectivity index (χ0v) is 14.2. The van der Waals surface area contributed by atoms with Gasteiger partial charge in [-0.2, -0.15) is 0 Å². The van der Waals surface area contributed by atoms with E-state index in [4.69, 9.17) is 0 Å². The molecule has 2 rings (SSSR count). The fraction of sp³-hybridized carbons (Fsp3) is 0.200. The molecule has 0 aliphatic carbocycles. The largest absolute Gasteiger partial charge is 0.143 e. The molecule has 0 aliphatic heterocycles. The Kier molecular flexibility index (Phi) is 4.10. The Morgan fingerprint density at radius 2 is 2.00 bits per heavy atom. The Morgan fingerprint density at radius 3 is 2.47 bits per heavy atom. The second-order valence-corrected chi connectivity index (χ2v) is 8.46. The molecular formula is C10H7Br3S2. The molecule has 2 aromatic heterocycles. The summed E-state index contributed by atoms with van der Waals surface area (Å²) in [6, 6.07) is 4.32. The molecule has 0 saturated carbocycles. The van der Waals surface area contributed by atoms with E-state index in [2.05, 4.69) is 72.2 Å². The summed E-state index contributed by atoms with van der Waals surface area (Å²) in [5, 5.41) is 2.17. The van der Waals surface area contributed by atoms with Gasteiger partial charge in [-0.3, -0.25) is 0 Å². The second kappa shape index (κ2) is 5.00. The number of aryl methyl sites for hydroxylation is 1. The fourth-order valence-corrected chi connectivity index (χ4v) is 5.64. The first kappa shape index (κ1) is 12.3. The van der Waals surface area contributed by atoms with E-state index in [0.29, 0.717) is 0 Å². The van der Waals surface area contributed by atoms with Crippen molar-refractivity contribution in [1.82, 2.24) is 0 Å². The lowest BCUT2D eigenvalue weighted by Gasteiger charge is -2.05. The molecule has 0 aromatic carbocycles. The highest BCUT2D eigenvalue weighted by Gasteiger charge is 2.17. The van der Waals surface area contributed by atoms with E-state index in [0.717, 1.165) is 0 Å². The van der Waals surface area contributed by atoms with Crippen molar-refractivity contribution < 1.29 is 0 Å². The van der Waals surface area contributed by atoms with Crippen molar-refractivity contribution in [2.45, 2.75) is 11.8 Å². The minimum Gasteiger partial charge on any atom is -0.143 e. The summed E-state index contributed by atoms with van der Waals surface area (Å²) in [6.07, 6.45) is 0. The van der Waals surface area contributed by atoms with Gasteiger partial charge >= 0.3 is 0 Å². The average molecular weight is 431 g/mol. The lowest BCUT2D eigenvalue weighted by molar-refractivity contribution is 1.23. The van der Waals surface area contributed by atoms with Crippen LogP contribution < -0.4 is 0 Å². The van der Waals surface area contributed by atoms with E-state index in [-0.39, 0.29) is 4.83 Å². The third-order valence-corrected chi connectivity index (χ3v) is 6.79. The first-order valence-corrected chi connectivity index (χ1v) is 8.41. The van der Waals surface area contributed by atoms with Crippen LogP contribution in [0.4, 0.5) is 0 Å². The maximum absolute atomic E-state index is 3.74. The van der Waals surface area contributed by atoms with Crippen molar-refractivity contribution in [2.75, 3.05) is 0 Å². The average Bonchev–Trinajstić information content (AvgIpc) is 2.71. The molecule has 0 bridgehead atoms. The third-order valence-electron chi connectivity index (χ3n) is 1.95. The van der Waals surface area contributed by atoms with Gasteiger partial charge in [-0.25, -0.2) is 0 Å². The topological polar surface area (TPSA) is 0 Å². The molecule has 1 atom stereocenters. The van der Waals surface area contributed by atoms with Gasteiger partial charge in [0.15, 0.2) is 0 Å². The van der Waals surface area contributed by atoms with Crippen molar-refractivity contribution >= 4 is 70.5 Å². The first-order chi connectivity index (χ1) is 7.08. The van der Waals surface area contributed by atoms with Crippen LogP contribution in [0.1, 0.15) is 20.1 Å². The van der Waals surface area contributed by atoms with Crippen molar-refractivity contribution in [3.63, 3.8) is 0 Å². The Labute approximate surface area is 122 Å². The van der Waals surface area contributed by atoms with E-state index in [1.54, 1.807) is 11.3 Å². The number of alkyl halides is 1. The SMILES string of the molecule is Cc1cc(Br)c(C(Br)c2csc(Br)c2)s1. The monoisotopic (exact) mass is 428 g/mol. The van der Waals surface area contributed by atoms with Gasteiger partial charge in [0.1, 0.15) is 0 Å². The molecule has 0 nitrogen and oxygen atoms in total. The van der Waals surface area contributed by atoms with Crippen LogP contribution in [-0.2, 0) is 0 Å². The number of hydrogen-bond acceptors (Lipinski definition) is 2. The van der Waals surface area contributed by atoms with Gasteiger partial charge in [0.05, 0.1) is 8.61 Å². The van der Waals surface area contributed by atoms with Crippen LogP contribution in [0.25, 0.3) is 0 Å². The van der Waals surface area contributed by atoms with E-state index in [9.17, 15) is 0 Å². The minimum atomic E-state index is 0.285. The van der Waals surface area contributed by atoms with Gasteiger partial charge in [-0.15, -0.1) is 22.7 Å². The van der Waals surface area contributed by atoms with Crippen LogP contribution in [0, 0.1) is 6.92 Å². The number of halogens is 3. The molecule has 0 N–H and O–H groups in total. The smallest absolute Gasteiger partial charge is 0.0757 e. The number of rotatable bonds is 2. The molecule has 0 saturated heterocycles. The molecule has 0 spiro atoms. The predicted molar refractivity (Wildman–Crippen MR) is 79.5 cm³/mol. The summed E-state index contributed by atoms with van der Waals surface area (Å²) in [4.78, 5) is 2.95. The van der Waals surface area contributed by atoms with E-state index >= 15 is 0 Å². The second-order valence-electron chi connectivity index (χ2n) is 3.12. The highest BCUT2D eigenvalue weighted by atomic mass is 79.9.